The number of β-amino-alcohol motifs (C(OH)–C–C–N with tert-alkyl or cyclic N) is 1. The zero-order valence-corrected chi connectivity index (χ0v) is 18.6. The minimum atomic E-state index is -0.645. The lowest BCUT2D eigenvalue weighted by molar-refractivity contribution is -0.0987. The molecule has 0 aromatic heterocycles. The van der Waals surface area contributed by atoms with Crippen molar-refractivity contribution in [2.24, 2.45) is 0 Å². The number of aliphatic hydroxyl groups excluding tert-OH is 1. The summed E-state index contributed by atoms with van der Waals surface area (Å²) in [5, 5.41) is 12.7. The third-order valence-electron chi connectivity index (χ3n) is 4.44. The number of carbonyl (C=O) groups excluding carboxylic acids is 3. The van der Waals surface area contributed by atoms with E-state index in [0.717, 1.165) is 0 Å². The first-order valence-electron chi connectivity index (χ1n) is 9.44. The van der Waals surface area contributed by atoms with E-state index in [0.29, 0.717) is 35.8 Å². The summed E-state index contributed by atoms with van der Waals surface area (Å²) < 4.78 is 24.3. The molecule has 174 valence electrons. The van der Waals surface area contributed by atoms with Crippen molar-refractivity contribution in [2.75, 3.05) is 37.0 Å². The molecule has 0 saturated carbocycles. The number of amides is 1. The molecule has 0 aliphatic carbocycles. The van der Waals surface area contributed by atoms with Crippen LogP contribution in [0.1, 0.15) is 17.3 Å². The molecule has 2 aromatic rings. The lowest BCUT2D eigenvalue weighted by Crippen LogP contribution is -2.34. The van der Waals surface area contributed by atoms with Gasteiger partial charge in [0, 0.05) is 24.3 Å². The fourth-order valence-electron chi connectivity index (χ4n) is 3.07. The molecular formula is C22H26ClFN2O6. The van der Waals surface area contributed by atoms with Crippen molar-refractivity contribution in [1.29, 1.82) is 0 Å². The summed E-state index contributed by atoms with van der Waals surface area (Å²) in [6.07, 6.45) is -0.728. The number of hydrogen-bond acceptors (Lipinski definition) is 7. The first-order chi connectivity index (χ1) is 15.4. The molecule has 10 heteroatoms. The summed E-state index contributed by atoms with van der Waals surface area (Å²) in [7, 11) is 1.55. The van der Waals surface area contributed by atoms with Gasteiger partial charge in [0.25, 0.3) is 5.91 Å². The van der Waals surface area contributed by atoms with E-state index < -0.39 is 11.9 Å². The van der Waals surface area contributed by atoms with E-state index in [-0.39, 0.29) is 23.6 Å². The maximum absolute atomic E-state index is 13.3. The Hall–Kier alpha value is -3.01. The lowest BCUT2D eigenvalue weighted by atomic mass is 10.1. The number of carbonyl (C=O) groups is 3. The number of anilines is 2. The maximum Gasteiger partial charge on any atom is 0.255 e. The number of benzene rings is 2. The van der Waals surface area contributed by atoms with Gasteiger partial charge in [-0.2, -0.15) is 0 Å². The van der Waals surface area contributed by atoms with Crippen molar-refractivity contribution < 1.29 is 33.4 Å². The fraction of sp³-hybridized carbons (Fsp3) is 0.318. The standard InChI is InChI=1S/C20H22ClFN2O4.2CH2O/c1-12-9-24(10-15(25)11-28-12)18-7-13(3-6-19(18)27-2)20(26)23-14-4-5-17(22)16(21)8-14;2*1-2/h3-8,12,15,25H,9-11H2,1-2H3,(H,23,26);2*1H2. The molecule has 8 nitrogen and oxygen atoms in total. The SMILES string of the molecule is C=O.C=O.COc1ccc(C(=O)Nc2ccc(F)c(Cl)c2)cc1N1CC(O)COC(C)C1. The van der Waals surface area contributed by atoms with E-state index >= 15 is 0 Å². The first-order valence-corrected chi connectivity index (χ1v) is 9.82. The van der Waals surface area contributed by atoms with Gasteiger partial charge in [0.15, 0.2) is 0 Å². The third-order valence-corrected chi connectivity index (χ3v) is 4.73. The Kier molecular flexibility index (Phi) is 11.3. The summed E-state index contributed by atoms with van der Waals surface area (Å²) in [5.74, 6) is -0.337. The van der Waals surface area contributed by atoms with Gasteiger partial charge in [0.1, 0.15) is 25.1 Å². The van der Waals surface area contributed by atoms with Gasteiger partial charge in [-0.15, -0.1) is 0 Å². The molecule has 1 amide bonds. The number of aliphatic hydroxyl groups is 1. The van der Waals surface area contributed by atoms with E-state index in [1.54, 1.807) is 25.3 Å². The molecule has 0 spiro atoms. The maximum atomic E-state index is 13.3. The summed E-state index contributed by atoms with van der Waals surface area (Å²) in [6.45, 7) is 7.09. The van der Waals surface area contributed by atoms with Crippen LogP contribution in [0.5, 0.6) is 5.75 Å². The minimum Gasteiger partial charge on any atom is -0.495 e. The number of nitrogens with zero attached hydrogens (tertiary/aromatic N) is 1. The third kappa shape index (κ3) is 7.30. The molecule has 1 fully saturated rings. The van der Waals surface area contributed by atoms with Crippen LogP contribution in [-0.2, 0) is 14.3 Å². The number of rotatable bonds is 4. The highest BCUT2D eigenvalue weighted by Gasteiger charge is 2.24. The summed E-state index contributed by atoms with van der Waals surface area (Å²) >= 11 is 5.77. The zero-order chi connectivity index (χ0) is 24.3. The Morgan fingerprint density at radius 2 is 1.91 bits per heavy atom. The number of ether oxygens (including phenoxy) is 2. The van der Waals surface area contributed by atoms with E-state index in [2.05, 4.69) is 5.32 Å². The molecule has 2 N–H and O–H groups in total. The van der Waals surface area contributed by atoms with E-state index in [1.165, 1.54) is 18.2 Å². The predicted octanol–water partition coefficient (Wildman–Crippen LogP) is 2.96. The molecule has 1 saturated heterocycles. The Morgan fingerprint density at radius 3 is 2.53 bits per heavy atom. The molecule has 0 radical (unpaired) electrons. The van der Waals surface area contributed by atoms with Gasteiger partial charge >= 0.3 is 0 Å². The van der Waals surface area contributed by atoms with Gasteiger partial charge in [-0.1, -0.05) is 11.6 Å². The molecule has 2 unspecified atom stereocenters. The Balaban J connectivity index is 0.00000121. The van der Waals surface area contributed by atoms with Crippen molar-refractivity contribution in [2.45, 2.75) is 19.1 Å². The van der Waals surface area contributed by atoms with Gasteiger partial charge in [0.2, 0.25) is 0 Å². The van der Waals surface area contributed by atoms with Gasteiger partial charge in [-0.25, -0.2) is 4.39 Å². The molecule has 32 heavy (non-hydrogen) atoms. The number of halogens is 2. The average Bonchev–Trinajstić information content (AvgIpc) is 2.98. The molecule has 0 bridgehead atoms. The molecule has 1 aliphatic heterocycles. The topological polar surface area (TPSA) is 105 Å². The monoisotopic (exact) mass is 468 g/mol. The van der Waals surface area contributed by atoms with Crippen molar-refractivity contribution in [3.8, 4) is 5.75 Å². The molecule has 1 aliphatic rings. The van der Waals surface area contributed by atoms with Crippen LogP contribution in [0.4, 0.5) is 15.8 Å². The van der Waals surface area contributed by atoms with Crippen LogP contribution in [0.15, 0.2) is 36.4 Å². The van der Waals surface area contributed by atoms with Crippen LogP contribution in [0.2, 0.25) is 5.02 Å². The van der Waals surface area contributed by atoms with Gasteiger partial charge in [-0.05, 0) is 43.3 Å². The highest BCUT2D eigenvalue weighted by Crippen LogP contribution is 2.31. The van der Waals surface area contributed by atoms with E-state index in [1.807, 2.05) is 25.4 Å². The van der Waals surface area contributed by atoms with E-state index in [4.69, 9.17) is 30.7 Å². The lowest BCUT2D eigenvalue weighted by Gasteiger charge is -2.27. The minimum absolute atomic E-state index is 0.0687. The Morgan fingerprint density at radius 1 is 1.22 bits per heavy atom. The average molecular weight is 469 g/mol. The summed E-state index contributed by atoms with van der Waals surface area (Å²) in [5.41, 5.74) is 1.47. The smallest absolute Gasteiger partial charge is 0.255 e. The number of nitrogens with one attached hydrogen (secondary N) is 1. The van der Waals surface area contributed by atoms with Gasteiger partial charge in [0.05, 0.1) is 36.6 Å². The van der Waals surface area contributed by atoms with Crippen molar-refractivity contribution in [1.82, 2.24) is 0 Å². The van der Waals surface area contributed by atoms with Crippen molar-refractivity contribution in [3.05, 3.63) is 52.8 Å². The Labute approximate surface area is 190 Å². The van der Waals surface area contributed by atoms with Crippen molar-refractivity contribution >= 4 is 42.5 Å². The van der Waals surface area contributed by atoms with Gasteiger partial charge < -0.3 is 34.4 Å². The second-order valence-electron chi connectivity index (χ2n) is 6.67. The van der Waals surface area contributed by atoms with Crippen LogP contribution in [0.3, 0.4) is 0 Å². The van der Waals surface area contributed by atoms with E-state index in [9.17, 15) is 14.3 Å². The fourth-order valence-corrected chi connectivity index (χ4v) is 3.25. The number of methoxy groups -OCH3 is 1. The van der Waals surface area contributed by atoms with Crippen LogP contribution in [-0.4, -0.2) is 63.6 Å². The predicted molar refractivity (Wildman–Crippen MR) is 120 cm³/mol. The van der Waals surface area contributed by atoms with Crippen LogP contribution >= 0.6 is 11.6 Å². The molecular weight excluding hydrogens is 443 g/mol. The summed E-state index contributed by atoms with van der Waals surface area (Å²) in [4.78, 5) is 30.6. The van der Waals surface area contributed by atoms with Gasteiger partial charge in [-0.3, -0.25) is 4.79 Å². The largest absolute Gasteiger partial charge is 0.495 e. The molecule has 1 heterocycles. The first kappa shape index (κ1) is 27.0. The summed E-state index contributed by atoms with van der Waals surface area (Å²) in [6, 6.07) is 9.01. The molecule has 2 aromatic carbocycles. The quantitative estimate of drug-likeness (QED) is 0.710. The zero-order valence-electron chi connectivity index (χ0n) is 17.8. The second-order valence-corrected chi connectivity index (χ2v) is 7.08. The molecule has 3 rings (SSSR count). The highest BCUT2D eigenvalue weighted by molar-refractivity contribution is 6.31. The molecule has 2 atom stereocenters. The Bertz CT molecular complexity index is 887. The highest BCUT2D eigenvalue weighted by atomic mass is 35.5. The number of hydrogen-bond donors (Lipinski definition) is 2. The normalized spacial score (nSPS) is 17.6. The van der Waals surface area contributed by atoms with Crippen LogP contribution in [0, 0.1) is 5.82 Å². The second kappa shape index (κ2) is 13.4. The van der Waals surface area contributed by atoms with Crippen LogP contribution < -0.4 is 15.0 Å². The van der Waals surface area contributed by atoms with Crippen LogP contribution in [0.25, 0.3) is 0 Å². The van der Waals surface area contributed by atoms with Crippen molar-refractivity contribution in [3.63, 3.8) is 0 Å².